The van der Waals surface area contributed by atoms with Crippen molar-refractivity contribution in [3.8, 4) is 0 Å². The fourth-order valence-corrected chi connectivity index (χ4v) is 6.09. The van der Waals surface area contributed by atoms with Crippen molar-refractivity contribution < 1.29 is 14.4 Å². The van der Waals surface area contributed by atoms with E-state index < -0.39 is 5.41 Å². The number of rotatable bonds is 2. The Labute approximate surface area is 203 Å². The van der Waals surface area contributed by atoms with Crippen LogP contribution in [0.1, 0.15) is 44.2 Å². The van der Waals surface area contributed by atoms with E-state index in [1.807, 2.05) is 68.4 Å². The van der Waals surface area contributed by atoms with Crippen molar-refractivity contribution in [2.75, 3.05) is 4.90 Å². The first-order chi connectivity index (χ1) is 16.7. The second-order valence-corrected chi connectivity index (χ2v) is 10.5. The van der Waals surface area contributed by atoms with Crippen LogP contribution in [0, 0.1) is 5.41 Å². The minimum Gasteiger partial charge on any atom is -0.387 e. The first kappa shape index (κ1) is 21.5. The zero-order valence-corrected chi connectivity index (χ0v) is 19.7. The molecule has 35 heavy (non-hydrogen) atoms. The Morgan fingerprint density at radius 2 is 1.66 bits per heavy atom. The molecule has 1 aliphatic carbocycles. The van der Waals surface area contributed by atoms with Gasteiger partial charge in [-0.25, -0.2) is 4.99 Å². The van der Waals surface area contributed by atoms with Crippen LogP contribution in [0.4, 0.5) is 5.69 Å². The number of anilines is 1. The number of carbonyl (C=O) groups is 3. The minimum atomic E-state index is -1.53. The molecular weight excluding hydrogens is 440 g/mol. The van der Waals surface area contributed by atoms with Crippen LogP contribution in [0.5, 0.6) is 0 Å². The van der Waals surface area contributed by atoms with E-state index >= 15 is 0 Å². The number of amidine groups is 1. The molecule has 7 heteroatoms. The van der Waals surface area contributed by atoms with Crippen molar-refractivity contribution >= 4 is 29.0 Å². The van der Waals surface area contributed by atoms with E-state index in [2.05, 4.69) is 10.3 Å². The van der Waals surface area contributed by atoms with Crippen LogP contribution in [0.2, 0.25) is 0 Å². The van der Waals surface area contributed by atoms with E-state index in [4.69, 9.17) is 5.73 Å². The molecule has 3 aliphatic heterocycles. The Balaban J connectivity index is 1.65. The largest absolute Gasteiger partial charge is 0.387 e. The lowest BCUT2D eigenvalue weighted by Gasteiger charge is -2.44. The number of para-hydroxylation sites is 1. The zero-order chi connectivity index (χ0) is 24.5. The fourth-order valence-electron chi connectivity index (χ4n) is 6.09. The van der Waals surface area contributed by atoms with Gasteiger partial charge in [-0.05, 0) is 23.5 Å². The highest BCUT2D eigenvalue weighted by atomic mass is 16.2. The van der Waals surface area contributed by atoms with Gasteiger partial charge in [0.2, 0.25) is 5.91 Å². The van der Waals surface area contributed by atoms with E-state index in [9.17, 15) is 14.4 Å². The molecule has 1 spiro atoms. The van der Waals surface area contributed by atoms with Crippen LogP contribution < -0.4 is 16.0 Å². The summed E-state index contributed by atoms with van der Waals surface area (Å²) in [6.45, 7) is 4.39. The van der Waals surface area contributed by atoms with Crippen molar-refractivity contribution in [1.29, 1.82) is 0 Å². The SMILES string of the molecule is CC1(C)CC(=O)C2=C(C1)NC1=C(C(=O)CC(N)=N1)C21C(=O)N(Cc2ccccc2)c2ccccc21. The van der Waals surface area contributed by atoms with Gasteiger partial charge in [-0.2, -0.15) is 0 Å². The third-order valence-corrected chi connectivity index (χ3v) is 7.36. The van der Waals surface area contributed by atoms with Gasteiger partial charge in [0, 0.05) is 28.9 Å². The standard InChI is InChI=1S/C28H26N4O3/c1-27(2)13-18-23(21(34)14-27)28(24-20(33)12-22(29)31-25(24)30-18)17-10-6-7-11-19(17)32(26(28)35)15-16-8-4-3-5-9-16/h3-11,30H,12-15H2,1-2H3,(H2,29,31). The maximum absolute atomic E-state index is 14.6. The van der Waals surface area contributed by atoms with Crippen molar-refractivity contribution in [1.82, 2.24) is 5.32 Å². The van der Waals surface area contributed by atoms with Gasteiger partial charge in [-0.1, -0.05) is 62.4 Å². The number of Topliss-reactive ketones (excluding diaryl/α,β-unsaturated/α-hetero) is 2. The number of amides is 1. The molecule has 0 saturated carbocycles. The van der Waals surface area contributed by atoms with Crippen LogP contribution >= 0.6 is 0 Å². The summed E-state index contributed by atoms with van der Waals surface area (Å²) in [5, 5.41) is 3.25. The summed E-state index contributed by atoms with van der Waals surface area (Å²) in [6.07, 6.45) is 0.772. The second kappa shape index (κ2) is 7.25. The van der Waals surface area contributed by atoms with Crippen LogP contribution in [0.25, 0.3) is 0 Å². The summed E-state index contributed by atoms with van der Waals surface area (Å²) in [7, 11) is 0. The van der Waals surface area contributed by atoms with Crippen molar-refractivity contribution in [3.63, 3.8) is 0 Å². The Bertz CT molecular complexity index is 1420. The number of nitrogens with one attached hydrogen (secondary N) is 1. The van der Waals surface area contributed by atoms with E-state index in [0.29, 0.717) is 41.9 Å². The Kier molecular flexibility index (Phi) is 4.46. The molecule has 0 aromatic heterocycles. The van der Waals surface area contributed by atoms with Gasteiger partial charge >= 0.3 is 0 Å². The van der Waals surface area contributed by atoms with Crippen molar-refractivity contribution in [2.24, 2.45) is 16.1 Å². The lowest BCUT2D eigenvalue weighted by atomic mass is 9.60. The highest BCUT2D eigenvalue weighted by molar-refractivity contribution is 6.26. The van der Waals surface area contributed by atoms with Gasteiger partial charge in [0.05, 0.1) is 18.5 Å². The molecule has 0 saturated heterocycles. The number of hydrogen-bond donors (Lipinski definition) is 2. The highest BCUT2D eigenvalue weighted by Gasteiger charge is 2.63. The predicted octanol–water partition coefficient (Wildman–Crippen LogP) is 3.26. The van der Waals surface area contributed by atoms with E-state index in [1.165, 1.54) is 0 Å². The van der Waals surface area contributed by atoms with Gasteiger partial charge in [0.1, 0.15) is 17.1 Å². The number of fused-ring (bicyclic) bond motifs is 4. The van der Waals surface area contributed by atoms with Gasteiger partial charge in [-0.3, -0.25) is 14.4 Å². The highest BCUT2D eigenvalue weighted by Crippen LogP contribution is 2.57. The molecule has 1 unspecified atom stereocenters. The normalized spacial score (nSPS) is 24.8. The molecule has 3 heterocycles. The summed E-state index contributed by atoms with van der Waals surface area (Å²) in [5.74, 6) is -0.209. The predicted molar refractivity (Wildman–Crippen MR) is 132 cm³/mol. The average molecular weight is 467 g/mol. The number of nitrogens with zero attached hydrogens (tertiary/aromatic N) is 2. The molecule has 0 radical (unpaired) electrons. The number of aliphatic imine (C=N–C) groups is 1. The Morgan fingerprint density at radius 3 is 2.43 bits per heavy atom. The van der Waals surface area contributed by atoms with Crippen molar-refractivity contribution in [3.05, 3.63) is 88.4 Å². The lowest BCUT2D eigenvalue weighted by molar-refractivity contribution is -0.126. The summed E-state index contributed by atoms with van der Waals surface area (Å²) in [4.78, 5) is 48.2. The zero-order valence-electron chi connectivity index (χ0n) is 19.7. The Morgan fingerprint density at radius 1 is 0.943 bits per heavy atom. The monoisotopic (exact) mass is 466 g/mol. The molecule has 176 valence electrons. The molecule has 7 nitrogen and oxygen atoms in total. The molecular formula is C28H26N4O3. The number of hydrogen-bond acceptors (Lipinski definition) is 6. The smallest absolute Gasteiger partial charge is 0.247 e. The summed E-state index contributed by atoms with van der Waals surface area (Å²) in [6, 6.07) is 17.2. The van der Waals surface area contributed by atoms with Crippen LogP contribution in [-0.2, 0) is 26.3 Å². The summed E-state index contributed by atoms with van der Waals surface area (Å²) in [5.41, 5.74) is 7.76. The van der Waals surface area contributed by atoms with Crippen LogP contribution in [-0.4, -0.2) is 23.3 Å². The minimum absolute atomic E-state index is 0.0846. The third-order valence-electron chi connectivity index (χ3n) is 7.36. The van der Waals surface area contributed by atoms with Gasteiger partial charge in [-0.15, -0.1) is 0 Å². The molecule has 2 aromatic rings. The lowest BCUT2D eigenvalue weighted by Crippen LogP contribution is -2.54. The van der Waals surface area contributed by atoms with Gasteiger partial charge < -0.3 is 16.0 Å². The number of dihydropyridines is 1. The molecule has 0 bridgehead atoms. The summed E-state index contributed by atoms with van der Waals surface area (Å²) < 4.78 is 0. The third kappa shape index (κ3) is 2.97. The van der Waals surface area contributed by atoms with Gasteiger partial charge in [0.15, 0.2) is 11.6 Å². The van der Waals surface area contributed by atoms with E-state index in [1.54, 1.807) is 4.90 Å². The molecule has 6 rings (SSSR count). The Hall–Kier alpha value is -4.00. The van der Waals surface area contributed by atoms with E-state index in [-0.39, 0.29) is 46.5 Å². The number of nitrogens with two attached hydrogens (primary N) is 1. The molecule has 1 amide bonds. The quantitative estimate of drug-likeness (QED) is 0.707. The molecule has 2 aromatic carbocycles. The molecule has 3 N–H and O–H groups in total. The second-order valence-electron chi connectivity index (χ2n) is 10.5. The summed E-state index contributed by atoms with van der Waals surface area (Å²) >= 11 is 0. The topological polar surface area (TPSA) is 105 Å². The number of allylic oxidation sites excluding steroid dienone is 1. The van der Waals surface area contributed by atoms with Crippen molar-refractivity contribution in [2.45, 2.75) is 45.1 Å². The molecule has 4 aliphatic rings. The van der Waals surface area contributed by atoms with Gasteiger partial charge in [0.25, 0.3) is 0 Å². The fraction of sp³-hybridized carbons (Fsp3) is 0.286. The first-order valence-corrected chi connectivity index (χ1v) is 11.8. The maximum Gasteiger partial charge on any atom is 0.247 e. The molecule has 1 atom stereocenters. The van der Waals surface area contributed by atoms with Crippen LogP contribution in [0.3, 0.4) is 0 Å². The first-order valence-electron chi connectivity index (χ1n) is 11.8. The molecule has 0 fully saturated rings. The van der Waals surface area contributed by atoms with E-state index in [0.717, 1.165) is 5.56 Å². The maximum atomic E-state index is 14.6. The number of ketones is 2. The number of carbonyl (C=O) groups excluding carboxylic acids is 3. The van der Waals surface area contributed by atoms with Crippen LogP contribution in [0.15, 0.2) is 82.3 Å². The number of benzene rings is 2. The average Bonchev–Trinajstić information content (AvgIpc) is 3.02.